The quantitative estimate of drug-likeness (QED) is 0.726. The molecule has 116 valence electrons. The number of benzene rings is 2. The van der Waals surface area contributed by atoms with Crippen molar-refractivity contribution in [2.75, 3.05) is 5.32 Å². The molecule has 0 atom stereocenters. The molecule has 1 N–H and O–H groups in total. The summed E-state index contributed by atoms with van der Waals surface area (Å²) in [6.07, 6.45) is 3.67. The normalized spacial score (nSPS) is 13.1. The molecule has 1 aromatic heterocycles. The zero-order valence-corrected chi connectivity index (χ0v) is 13.5. The average molecular weight is 324 g/mol. The monoisotopic (exact) mass is 324 g/mol. The van der Waals surface area contributed by atoms with Gasteiger partial charge in [0, 0.05) is 16.6 Å². The van der Waals surface area contributed by atoms with Gasteiger partial charge < -0.3 is 5.32 Å². The van der Waals surface area contributed by atoms with Crippen LogP contribution < -0.4 is 5.32 Å². The zero-order chi connectivity index (χ0) is 15.6. The second kappa shape index (κ2) is 6.13. The van der Waals surface area contributed by atoms with Crippen molar-refractivity contribution in [1.29, 1.82) is 0 Å². The van der Waals surface area contributed by atoms with Gasteiger partial charge in [-0.25, -0.2) is 9.37 Å². The van der Waals surface area contributed by atoms with Crippen LogP contribution in [0.2, 0.25) is 0 Å². The Hall–Kier alpha value is -2.20. The van der Waals surface area contributed by atoms with Crippen molar-refractivity contribution in [1.82, 2.24) is 4.98 Å². The molecule has 0 fully saturated rings. The Balaban J connectivity index is 1.44. The zero-order valence-electron chi connectivity index (χ0n) is 12.7. The number of fused-ring (bicyclic) bond motifs is 1. The number of nitrogens with zero attached hydrogens (tertiary/aromatic N) is 1. The van der Waals surface area contributed by atoms with Crippen molar-refractivity contribution >= 4 is 17.0 Å². The lowest BCUT2D eigenvalue weighted by atomic mass is 10.1. The molecule has 0 spiro atoms. The van der Waals surface area contributed by atoms with Crippen molar-refractivity contribution in [2.24, 2.45) is 0 Å². The maximum absolute atomic E-state index is 13.0. The fourth-order valence-electron chi connectivity index (χ4n) is 2.99. The van der Waals surface area contributed by atoms with Crippen molar-refractivity contribution in [2.45, 2.75) is 25.8 Å². The summed E-state index contributed by atoms with van der Waals surface area (Å²) in [6, 6.07) is 13.1. The van der Waals surface area contributed by atoms with Crippen LogP contribution in [0.4, 0.5) is 10.1 Å². The number of nitrogens with one attached hydrogen (secondary N) is 1. The van der Waals surface area contributed by atoms with Crippen LogP contribution in [0.15, 0.2) is 47.8 Å². The van der Waals surface area contributed by atoms with Gasteiger partial charge in [0.05, 0.1) is 12.2 Å². The SMILES string of the molecule is Fc1ccc(-c2nc(CNc3ccc4c(c3)CCC4)cs2)cc1. The molecule has 1 heterocycles. The van der Waals surface area contributed by atoms with E-state index >= 15 is 0 Å². The lowest BCUT2D eigenvalue weighted by Crippen LogP contribution is -2.00. The Morgan fingerprint density at radius 1 is 1.04 bits per heavy atom. The highest BCUT2D eigenvalue weighted by molar-refractivity contribution is 7.13. The van der Waals surface area contributed by atoms with Crippen LogP contribution in [0.5, 0.6) is 0 Å². The third-order valence-electron chi connectivity index (χ3n) is 4.22. The Morgan fingerprint density at radius 2 is 1.87 bits per heavy atom. The van der Waals surface area contributed by atoms with Gasteiger partial charge in [0.1, 0.15) is 10.8 Å². The van der Waals surface area contributed by atoms with E-state index in [0.717, 1.165) is 22.0 Å². The number of hydrogen-bond acceptors (Lipinski definition) is 3. The number of anilines is 1. The van der Waals surface area contributed by atoms with Crippen LogP contribution in [-0.4, -0.2) is 4.98 Å². The molecule has 0 unspecified atom stereocenters. The van der Waals surface area contributed by atoms with Gasteiger partial charge in [-0.3, -0.25) is 0 Å². The molecule has 1 aliphatic carbocycles. The van der Waals surface area contributed by atoms with E-state index in [1.807, 2.05) is 0 Å². The predicted octanol–water partition coefficient (Wildman–Crippen LogP) is 5.05. The summed E-state index contributed by atoms with van der Waals surface area (Å²) in [5, 5.41) is 6.43. The van der Waals surface area contributed by atoms with Crippen LogP contribution >= 0.6 is 11.3 Å². The molecular formula is C19H17FN2S. The number of aryl methyl sites for hydroxylation is 2. The molecule has 4 rings (SSSR count). The number of aromatic nitrogens is 1. The summed E-state index contributed by atoms with van der Waals surface area (Å²) >= 11 is 1.59. The molecule has 2 aromatic carbocycles. The minimum absolute atomic E-state index is 0.219. The first-order chi connectivity index (χ1) is 11.3. The topological polar surface area (TPSA) is 24.9 Å². The maximum Gasteiger partial charge on any atom is 0.123 e. The standard InChI is InChI=1S/C19H17FN2S/c20-16-7-4-14(5-8-16)19-22-18(12-23-19)11-21-17-9-6-13-2-1-3-15(13)10-17/h4-10,12,21H,1-3,11H2. The van der Waals surface area contributed by atoms with Crippen LogP contribution in [0.25, 0.3) is 10.6 Å². The van der Waals surface area contributed by atoms with Crippen molar-refractivity contribution in [3.63, 3.8) is 0 Å². The number of hydrogen-bond donors (Lipinski definition) is 1. The number of halogens is 1. The summed E-state index contributed by atoms with van der Waals surface area (Å²) in [7, 11) is 0. The van der Waals surface area contributed by atoms with Crippen LogP contribution in [0.1, 0.15) is 23.2 Å². The first-order valence-electron chi connectivity index (χ1n) is 7.84. The minimum atomic E-state index is -0.219. The molecular weight excluding hydrogens is 307 g/mol. The van der Waals surface area contributed by atoms with E-state index < -0.39 is 0 Å². The van der Waals surface area contributed by atoms with Crippen LogP contribution in [0, 0.1) is 5.82 Å². The highest BCUT2D eigenvalue weighted by Gasteiger charge is 2.11. The number of rotatable bonds is 4. The fourth-order valence-corrected chi connectivity index (χ4v) is 3.81. The summed E-state index contributed by atoms with van der Waals surface area (Å²) in [5.74, 6) is -0.219. The van der Waals surface area contributed by atoms with Crippen LogP contribution in [-0.2, 0) is 19.4 Å². The minimum Gasteiger partial charge on any atom is -0.379 e. The first kappa shape index (κ1) is 14.4. The van der Waals surface area contributed by atoms with E-state index in [1.54, 1.807) is 23.5 Å². The summed E-state index contributed by atoms with van der Waals surface area (Å²) in [6.45, 7) is 0.705. The first-order valence-corrected chi connectivity index (χ1v) is 8.72. The van der Waals surface area contributed by atoms with E-state index in [9.17, 15) is 4.39 Å². The Morgan fingerprint density at radius 3 is 2.74 bits per heavy atom. The molecule has 0 saturated carbocycles. The number of thiazole rings is 1. The summed E-state index contributed by atoms with van der Waals surface area (Å²) < 4.78 is 13.0. The van der Waals surface area contributed by atoms with Crippen LogP contribution in [0.3, 0.4) is 0 Å². The van der Waals surface area contributed by atoms with Crippen molar-refractivity contribution in [3.05, 3.63) is 70.5 Å². The molecule has 0 saturated heterocycles. The summed E-state index contributed by atoms with van der Waals surface area (Å²) in [5.41, 5.74) is 6.08. The highest BCUT2D eigenvalue weighted by atomic mass is 32.1. The maximum atomic E-state index is 13.0. The Bertz CT molecular complexity index is 824. The van der Waals surface area contributed by atoms with E-state index in [0.29, 0.717) is 6.54 Å². The average Bonchev–Trinajstić information content (AvgIpc) is 3.22. The second-order valence-corrected chi connectivity index (χ2v) is 6.70. The van der Waals surface area contributed by atoms with Crippen molar-refractivity contribution < 1.29 is 4.39 Å². The van der Waals surface area contributed by atoms with Gasteiger partial charge in [0.2, 0.25) is 0 Å². The molecule has 23 heavy (non-hydrogen) atoms. The summed E-state index contributed by atoms with van der Waals surface area (Å²) in [4.78, 5) is 4.63. The third kappa shape index (κ3) is 3.13. The van der Waals surface area contributed by atoms with Gasteiger partial charge in [0.25, 0.3) is 0 Å². The molecule has 1 aliphatic rings. The third-order valence-corrected chi connectivity index (χ3v) is 5.16. The smallest absolute Gasteiger partial charge is 0.123 e. The lowest BCUT2D eigenvalue weighted by Gasteiger charge is -2.07. The fraction of sp³-hybridized carbons (Fsp3) is 0.211. The van der Waals surface area contributed by atoms with E-state index in [-0.39, 0.29) is 5.82 Å². The van der Waals surface area contributed by atoms with Gasteiger partial charge in [-0.2, -0.15) is 0 Å². The van der Waals surface area contributed by atoms with E-state index in [4.69, 9.17) is 0 Å². The van der Waals surface area contributed by atoms with E-state index in [1.165, 1.54) is 42.5 Å². The lowest BCUT2D eigenvalue weighted by molar-refractivity contribution is 0.628. The molecule has 4 heteroatoms. The molecule has 0 aliphatic heterocycles. The predicted molar refractivity (Wildman–Crippen MR) is 93.3 cm³/mol. The Labute approximate surface area is 139 Å². The second-order valence-electron chi connectivity index (χ2n) is 5.84. The van der Waals surface area contributed by atoms with E-state index in [2.05, 4.69) is 33.9 Å². The van der Waals surface area contributed by atoms with Gasteiger partial charge in [0.15, 0.2) is 0 Å². The largest absolute Gasteiger partial charge is 0.379 e. The Kier molecular flexibility index (Phi) is 3.83. The van der Waals surface area contributed by atoms with Crippen molar-refractivity contribution in [3.8, 4) is 10.6 Å². The molecule has 0 bridgehead atoms. The molecule has 2 nitrogen and oxygen atoms in total. The molecule has 3 aromatic rings. The van der Waals surface area contributed by atoms with Gasteiger partial charge in [-0.05, 0) is 66.8 Å². The molecule has 0 amide bonds. The highest BCUT2D eigenvalue weighted by Crippen LogP contribution is 2.26. The van der Waals surface area contributed by atoms with Gasteiger partial charge in [-0.15, -0.1) is 11.3 Å². The van der Waals surface area contributed by atoms with Gasteiger partial charge in [-0.1, -0.05) is 6.07 Å². The van der Waals surface area contributed by atoms with Gasteiger partial charge >= 0.3 is 0 Å². The molecule has 0 radical (unpaired) electrons.